The number of methoxy groups -OCH3 is 1. The van der Waals surface area contributed by atoms with Gasteiger partial charge in [0.05, 0.1) is 19.3 Å². The van der Waals surface area contributed by atoms with Crippen molar-refractivity contribution >= 4 is 5.91 Å². The van der Waals surface area contributed by atoms with Gasteiger partial charge in [-0.15, -0.1) is 0 Å². The van der Waals surface area contributed by atoms with Crippen LogP contribution in [0.5, 0.6) is 5.75 Å². The molecule has 0 bridgehead atoms. The van der Waals surface area contributed by atoms with Crippen LogP contribution < -0.4 is 4.74 Å². The van der Waals surface area contributed by atoms with E-state index in [4.69, 9.17) is 4.74 Å². The molecule has 2 aromatic rings. The number of nitrogens with zero attached hydrogens (tertiary/aromatic N) is 2. The van der Waals surface area contributed by atoms with Gasteiger partial charge in [0, 0.05) is 36.1 Å². The Kier molecular flexibility index (Phi) is 6.26. The van der Waals surface area contributed by atoms with Crippen LogP contribution in [-0.2, 0) is 6.54 Å². The Morgan fingerprint density at radius 2 is 1.96 bits per heavy atom. The molecule has 136 valence electrons. The molecule has 0 saturated heterocycles. The molecule has 0 unspecified atom stereocenters. The molecule has 1 N–H and O–H groups in total. The molecule has 5 nitrogen and oxygen atoms in total. The van der Waals surface area contributed by atoms with Crippen LogP contribution in [0.15, 0.2) is 30.3 Å². The number of amides is 1. The number of rotatable bonds is 7. The molecule has 1 aromatic carbocycles. The lowest BCUT2D eigenvalue weighted by Gasteiger charge is -2.23. The Morgan fingerprint density at radius 3 is 2.52 bits per heavy atom. The summed E-state index contributed by atoms with van der Waals surface area (Å²) in [6.07, 6.45) is 0. The first-order valence-electron chi connectivity index (χ1n) is 8.61. The van der Waals surface area contributed by atoms with Crippen molar-refractivity contribution in [2.24, 2.45) is 0 Å². The van der Waals surface area contributed by atoms with Gasteiger partial charge >= 0.3 is 0 Å². The number of carbonyl (C=O) groups excluding carboxylic acids is 1. The zero-order valence-corrected chi connectivity index (χ0v) is 15.7. The van der Waals surface area contributed by atoms with Crippen LogP contribution in [-0.4, -0.2) is 40.7 Å². The first-order valence-corrected chi connectivity index (χ1v) is 8.61. The van der Waals surface area contributed by atoms with E-state index in [-0.39, 0.29) is 19.1 Å². The van der Waals surface area contributed by atoms with Gasteiger partial charge in [-0.3, -0.25) is 4.79 Å². The SMILES string of the molecule is COc1ccccc1CN(CCO)C(=O)c1cc(C)n(C(C)C)c1C. The molecule has 0 spiro atoms. The van der Waals surface area contributed by atoms with Gasteiger partial charge in [-0.1, -0.05) is 18.2 Å². The van der Waals surface area contributed by atoms with Crippen LogP contribution in [0.4, 0.5) is 0 Å². The molecule has 0 aliphatic heterocycles. The molecule has 2 rings (SSSR count). The lowest BCUT2D eigenvalue weighted by molar-refractivity contribution is 0.0705. The first kappa shape index (κ1) is 19.1. The number of hydrogen-bond acceptors (Lipinski definition) is 3. The Hall–Kier alpha value is -2.27. The summed E-state index contributed by atoms with van der Waals surface area (Å²) >= 11 is 0. The van der Waals surface area contributed by atoms with Crippen LogP contribution in [0.2, 0.25) is 0 Å². The predicted octanol–water partition coefficient (Wildman–Crippen LogP) is 3.33. The average Bonchev–Trinajstić information content (AvgIpc) is 2.88. The maximum absolute atomic E-state index is 13.1. The van der Waals surface area contributed by atoms with Crippen molar-refractivity contribution in [3.8, 4) is 5.75 Å². The highest BCUT2D eigenvalue weighted by Crippen LogP contribution is 2.24. The minimum atomic E-state index is -0.0796. The summed E-state index contributed by atoms with van der Waals surface area (Å²) in [6.45, 7) is 8.80. The molecule has 1 aromatic heterocycles. The Labute approximate surface area is 149 Å². The number of aromatic nitrogens is 1. The quantitative estimate of drug-likeness (QED) is 0.838. The molecular formula is C20H28N2O3. The number of aliphatic hydroxyl groups excluding tert-OH is 1. The van der Waals surface area contributed by atoms with Gasteiger partial charge < -0.3 is 19.3 Å². The van der Waals surface area contributed by atoms with Crippen molar-refractivity contribution in [1.29, 1.82) is 0 Å². The van der Waals surface area contributed by atoms with Crippen LogP contribution >= 0.6 is 0 Å². The molecule has 25 heavy (non-hydrogen) atoms. The number of benzene rings is 1. The second-order valence-electron chi connectivity index (χ2n) is 6.51. The van der Waals surface area contributed by atoms with Gasteiger partial charge in [-0.25, -0.2) is 0 Å². The summed E-state index contributed by atoms with van der Waals surface area (Å²) < 4.78 is 7.54. The van der Waals surface area contributed by atoms with E-state index in [0.717, 1.165) is 22.7 Å². The Morgan fingerprint density at radius 1 is 1.28 bits per heavy atom. The molecule has 0 radical (unpaired) electrons. The molecular weight excluding hydrogens is 316 g/mol. The molecule has 1 amide bonds. The Bertz CT molecular complexity index is 735. The van der Waals surface area contributed by atoms with Gasteiger partial charge in [-0.05, 0) is 39.8 Å². The number of aryl methyl sites for hydroxylation is 1. The monoisotopic (exact) mass is 344 g/mol. The Balaban J connectivity index is 2.34. The van der Waals surface area contributed by atoms with Crippen molar-refractivity contribution in [2.45, 2.75) is 40.3 Å². The van der Waals surface area contributed by atoms with E-state index in [1.54, 1.807) is 12.0 Å². The fraction of sp³-hybridized carbons (Fsp3) is 0.450. The van der Waals surface area contributed by atoms with E-state index in [1.807, 2.05) is 44.2 Å². The summed E-state index contributed by atoms with van der Waals surface area (Å²) in [5, 5.41) is 9.42. The topological polar surface area (TPSA) is 54.7 Å². The molecule has 5 heteroatoms. The van der Waals surface area contributed by atoms with Gasteiger partial charge in [0.1, 0.15) is 5.75 Å². The van der Waals surface area contributed by atoms with E-state index in [2.05, 4.69) is 18.4 Å². The molecule has 0 saturated carbocycles. The number of carbonyl (C=O) groups is 1. The van der Waals surface area contributed by atoms with Gasteiger partial charge in [-0.2, -0.15) is 0 Å². The lowest BCUT2D eigenvalue weighted by Crippen LogP contribution is -2.33. The first-order chi connectivity index (χ1) is 11.9. The van der Waals surface area contributed by atoms with Crippen molar-refractivity contribution < 1.29 is 14.6 Å². The molecule has 1 heterocycles. The highest BCUT2D eigenvalue weighted by atomic mass is 16.5. The normalized spacial score (nSPS) is 11.0. The third-order valence-corrected chi connectivity index (χ3v) is 4.44. The van der Waals surface area contributed by atoms with Crippen LogP contribution in [0.1, 0.15) is 47.2 Å². The zero-order valence-electron chi connectivity index (χ0n) is 15.7. The average molecular weight is 344 g/mol. The maximum Gasteiger partial charge on any atom is 0.256 e. The number of para-hydroxylation sites is 1. The smallest absolute Gasteiger partial charge is 0.256 e. The molecule has 0 fully saturated rings. The largest absolute Gasteiger partial charge is 0.496 e. The molecule has 0 aliphatic carbocycles. The zero-order chi connectivity index (χ0) is 18.6. The standard InChI is InChI=1S/C20H28N2O3/c1-14(2)22-15(3)12-18(16(22)4)20(24)21(10-11-23)13-17-8-6-7-9-19(17)25-5/h6-9,12,14,23H,10-11,13H2,1-5H3. The minimum absolute atomic E-state index is 0.0695. The summed E-state index contributed by atoms with van der Waals surface area (Å²) in [4.78, 5) is 14.8. The maximum atomic E-state index is 13.1. The fourth-order valence-electron chi connectivity index (χ4n) is 3.37. The predicted molar refractivity (Wildman–Crippen MR) is 99.1 cm³/mol. The number of ether oxygens (including phenoxy) is 1. The molecule has 0 atom stereocenters. The third-order valence-electron chi connectivity index (χ3n) is 4.44. The summed E-state index contributed by atoms with van der Waals surface area (Å²) in [7, 11) is 1.62. The summed E-state index contributed by atoms with van der Waals surface area (Å²) in [6, 6.07) is 9.86. The number of aliphatic hydroxyl groups is 1. The van der Waals surface area contributed by atoms with Gasteiger partial charge in [0.25, 0.3) is 5.91 Å². The minimum Gasteiger partial charge on any atom is -0.496 e. The van der Waals surface area contributed by atoms with Crippen LogP contribution in [0.3, 0.4) is 0 Å². The van der Waals surface area contributed by atoms with E-state index >= 15 is 0 Å². The second kappa shape index (κ2) is 8.21. The third kappa shape index (κ3) is 4.04. The second-order valence-corrected chi connectivity index (χ2v) is 6.51. The van der Waals surface area contributed by atoms with E-state index in [1.165, 1.54) is 0 Å². The van der Waals surface area contributed by atoms with E-state index < -0.39 is 0 Å². The van der Waals surface area contributed by atoms with Gasteiger partial charge in [0.15, 0.2) is 0 Å². The summed E-state index contributed by atoms with van der Waals surface area (Å²) in [5.41, 5.74) is 3.64. The van der Waals surface area contributed by atoms with Gasteiger partial charge in [0.2, 0.25) is 0 Å². The van der Waals surface area contributed by atoms with Crippen LogP contribution in [0, 0.1) is 13.8 Å². The van der Waals surface area contributed by atoms with E-state index in [9.17, 15) is 9.90 Å². The van der Waals surface area contributed by atoms with Crippen LogP contribution in [0.25, 0.3) is 0 Å². The van der Waals surface area contributed by atoms with Crippen molar-refractivity contribution in [3.63, 3.8) is 0 Å². The fourth-order valence-corrected chi connectivity index (χ4v) is 3.37. The number of hydrogen-bond donors (Lipinski definition) is 1. The lowest BCUT2D eigenvalue weighted by atomic mass is 10.1. The van der Waals surface area contributed by atoms with Crippen molar-refractivity contribution in [3.05, 3.63) is 52.8 Å². The summed E-state index contributed by atoms with van der Waals surface area (Å²) in [5.74, 6) is 0.672. The molecule has 0 aliphatic rings. The van der Waals surface area contributed by atoms with Crippen molar-refractivity contribution in [1.82, 2.24) is 9.47 Å². The van der Waals surface area contributed by atoms with Crippen molar-refractivity contribution in [2.75, 3.05) is 20.3 Å². The highest BCUT2D eigenvalue weighted by Gasteiger charge is 2.23. The van der Waals surface area contributed by atoms with E-state index in [0.29, 0.717) is 18.2 Å². The highest BCUT2D eigenvalue weighted by molar-refractivity contribution is 5.95.